The van der Waals surface area contributed by atoms with Gasteiger partial charge in [0.15, 0.2) is 0 Å². The van der Waals surface area contributed by atoms with Gasteiger partial charge in [-0.3, -0.25) is 4.79 Å². The normalized spacial score (nSPS) is 15.8. The maximum absolute atomic E-state index is 11.1. The summed E-state index contributed by atoms with van der Waals surface area (Å²) in [5.74, 6) is 0.0617. The number of hydrogen-bond acceptors (Lipinski definition) is 3. The number of hydrogen-bond donors (Lipinski definition) is 2. The van der Waals surface area contributed by atoms with Gasteiger partial charge in [0.05, 0.1) is 13.2 Å². The molecule has 0 radical (unpaired) electrons. The van der Waals surface area contributed by atoms with Gasteiger partial charge in [-0.25, -0.2) is 0 Å². The quantitative estimate of drug-likeness (QED) is 0.545. The first-order valence-corrected chi connectivity index (χ1v) is 4.90. The molecule has 1 rings (SSSR count). The molecule has 0 heterocycles. The molecule has 13 heavy (non-hydrogen) atoms. The molecule has 0 unspecified atom stereocenters. The molecular formula is C9H18N2O2. The maximum atomic E-state index is 11.1. The van der Waals surface area contributed by atoms with E-state index in [0.29, 0.717) is 32.3 Å². The van der Waals surface area contributed by atoms with Gasteiger partial charge in [0.25, 0.3) is 0 Å². The van der Waals surface area contributed by atoms with E-state index in [2.05, 4.69) is 10.6 Å². The monoisotopic (exact) mass is 186 g/mol. The molecule has 0 atom stereocenters. The summed E-state index contributed by atoms with van der Waals surface area (Å²) in [7, 11) is 0. The fraction of sp³-hybridized carbons (Fsp3) is 0.889. The molecule has 0 aromatic carbocycles. The highest BCUT2D eigenvalue weighted by Gasteiger charge is 2.20. The first-order valence-electron chi connectivity index (χ1n) is 4.90. The first-order chi connectivity index (χ1) is 6.33. The molecule has 0 aromatic heterocycles. The zero-order valence-electron chi connectivity index (χ0n) is 8.14. The second kappa shape index (κ2) is 5.94. The molecule has 0 saturated heterocycles. The van der Waals surface area contributed by atoms with Crippen molar-refractivity contribution in [3.63, 3.8) is 0 Å². The van der Waals surface area contributed by atoms with Crippen LogP contribution < -0.4 is 10.6 Å². The average molecular weight is 186 g/mol. The summed E-state index contributed by atoms with van der Waals surface area (Å²) in [4.78, 5) is 11.1. The highest BCUT2D eigenvalue weighted by molar-refractivity contribution is 5.78. The van der Waals surface area contributed by atoms with Gasteiger partial charge in [0.1, 0.15) is 0 Å². The summed E-state index contributed by atoms with van der Waals surface area (Å²) >= 11 is 0. The van der Waals surface area contributed by atoms with Gasteiger partial charge in [-0.15, -0.1) is 0 Å². The molecule has 1 amide bonds. The van der Waals surface area contributed by atoms with Crippen molar-refractivity contribution in [2.75, 3.05) is 26.3 Å². The van der Waals surface area contributed by atoms with Crippen molar-refractivity contribution >= 4 is 5.91 Å². The number of ether oxygens (including phenoxy) is 1. The topological polar surface area (TPSA) is 50.4 Å². The minimum absolute atomic E-state index is 0.0617. The van der Waals surface area contributed by atoms with E-state index in [0.717, 1.165) is 0 Å². The fourth-order valence-corrected chi connectivity index (χ4v) is 0.994. The summed E-state index contributed by atoms with van der Waals surface area (Å²) in [5.41, 5.74) is 0. The van der Waals surface area contributed by atoms with Crippen LogP contribution in [-0.2, 0) is 9.53 Å². The van der Waals surface area contributed by atoms with Crippen molar-refractivity contribution in [2.24, 2.45) is 0 Å². The molecule has 1 aliphatic carbocycles. The van der Waals surface area contributed by atoms with Gasteiger partial charge in [0, 0.05) is 19.2 Å². The lowest BCUT2D eigenvalue weighted by Gasteiger charge is -2.05. The van der Waals surface area contributed by atoms with E-state index in [1.165, 1.54) is 12.8 Å². The predicted octanol–water partition coefficient (Wildman–Crippen LogP) is -0.109. The van der Waals surface area contributed by atoms with Crippen LogP contribution in [0, 0.1) is 0 Å². The molecule has 4 nitrogen and oxygen atoms in total. The highest BCUT2D eigenvalue weighted by Crippen LogP contribution is 2.17. The smallest absolute Gasteiger partial charge is 0.234 e. The van der Waals surface area contributed by atoms with Crippen molar-refractivity contribution in [1.29, 1.82) is 0 Å². The van der Waals surface area contributed by atoms with Gasteiger partial charge < -0.3 is 15.4 Å². The number of carbonyl (C=O) groups is 1. The van der Waals surface area contributed by atoms with E-state index in [1.54, 1.807) is 0 Å². The lowest BCUT2D eigenvalue weighted by atomic mass is 10.5. The largest absolute Gasteiger partial charge is 0.380 e. The lowest BCUT2D eigenvalue weighted by Crippen LogP contribution is -2.36. The molecule has 0 bridgehead atoms. The second-order valence-corrected chi connectivity index (χ2v) is 3.20. The Bertz CT molecular complexity index is 158. The van der Waals surface area contributed by atoms with Crippen molar-refractivity contribution in [1.82, 2.24) is 10.6 Å². The number of rotatable bonds is 7. The Morgan fingerprint density at radius 3 is 2.92 bits per heavy atom. The predicted molar refractivity (Wildman–Crippen MR) is 50.5 cm³/mol. The van der Waals surface area contributed by atoms with Gasteiger partial charge in [0.2, 0.25) is 5.91 Å². The Morgan fingerprint density at radius 2 is 2.31 bits per heavy atom. The van der Waals surface area contributed by atoms with E-state index < -0.39 is 0 Å². The molecule has 1 aliphatic rings. The third-order valence-corrected chi connectivity index (χ3v) is 1.90. The van der Waals surface area contributed by atoms with E-state index in [1.807, 2.05) is 6.92 Å². The van der Waals surface area contributed by atoms with Gasteiger partial charge in [-0.1, -0.05) is 0 Å². The molecular weight excluding hydrogens is 168 g/mol. The minimum atomic E-state index is 0.0617. The molecule has 76 valence electrons. The van der Waals surface area contributed by atoms with E-state index in [9.17, 15) is 4.79 Å². The van der Waals surface area contributed by atoms with Crippen LogP contribution in [0.3, 0.4) is 0 Å². The van der Waals surface area contributed by atoms with Crippen molar-refractivity contribution in [3.05, 3.63) is 0 Å². The molecule has 0 aromatic rings. The third-order valence-electron chi connectivity index (χ3n) is 1.90. The zero-order chi connectivity index (χ0) is 9.52. The molecule has 2 N–H and O–H groups in total. The second-order valence-electron chi connectivity index (χ2n) is 3.20. The summed E-state index contributed by atoms with van der Waals surface area (Å²) in [6.45, 7) is 4.30. The third kappa shape index (κ3) is 5.60. The number of nitrogens with one attached hydrogen (secondary N) is 2. The zero-order valence-corrected chi connectivity index (χ0v) is 8.14. The standard InChI is InChI=1S/C9H18N2O2/c1-2-13-6-5-10-9(12)7-11-8-3-4-8/h8,11H,2-7H2,1H3,(H,10,12). The molecule has 0 spiro atoms. The van der Waals surface area contributed by atoms with Crippen LogP contribution in [0.25, 0.3) is 0 Å². The number of carbonyl (C=O) groups excluding carboxylic acids is 1. The van der Waals surface area contributed by atoms with Gasteiger partial charge in [-0.2, -0.15) is 0 Å². The van der Waals surface area contributed by atoms with E-state index in [4.69, 9.17) is 4.74 Å². The average Bonchev–Trinajstić information content (AvgIpc) is 2.92. The molecule has 1 fully saturated rings. The summed E-state index contributed by atoms with van der Waals surface area (Å²) in [6, 6.07) is 0.595. The Morgan fingerprint density at radius 1 is 1.54 bits per heavy atom. The highest BCUT2D eigenvalue weighted by atomic mass is 16.5. The Balaban J connectivity index is 1.84. The van der Waals surface area contributed by atoms with Gasteiger partial charge in [-0.05, 0) is 19.8 Å². The Kier molecular flexibility index (Phi) is 4.78. The lowest BCUT2D eigenvalue weighted by molar-refractivity contribution is -0.120. The Hall–Kier alpha value is -0.610. The van der Waals surface area contributed by atoms with Crippen LogP contribution in [0.1, 0.15) is 19.8 Å². The number of amides is 1. The fourth-order valence-electron chi connectivity index (χ4n) is 0.994. The summed E-state index contributed by atoms with van der Waals surface area (Å²) in [5, 5.41) is 5.92. The Labute approximate surface area is 79.0 Å². The van der Waals surface area contributed by atoms with Crippen molar-refractivity contribution in [2.45, 2.75) is 25.8 Å². The summed E-state index contributed by atoms with van der Waals surface area (Å²) < 4.78 is 5.09. The van der Waals surface area contributed by atoms with Gasteiger partial charge >= 0.3 is 0 Å². The summed E-state index contributed by atoms with van der Waals surface area (Å²) in [6.07, 6.45) is 2.43. The molecule has 1 saturated carbocycles. The maximum Gasteiger partial charge on any atom is 0.234 e. The first kappa shape index (κ1) is 10.5. The van der Waals surface area contributed by atoms with Crippen LogP contribution >= 0.6 is 0 Å². The van der Waals surface area contributed by atoms with Crippen LogP contribution in [0.4, 0.5) is 0 Å². The van der Waals surface area contributed by atoms with Crippen molar-refractivity contribution < 1.29 is 9.53 Å². The van der Waals surface area contributed by atoms with Crippen LogP contribution in [0.5, 0.6) is 0 Å². The van der Waals surface area contributed by atoms with E-state index in [-0.39, 0.29) is 5.91 Å². The molecule has 4 heteroatoms. The van der Waals surface area contributed by atoms with E-state index >= 15 is 0 Å². The molecule has 0 aliphatic heterocycles. The van der Waals surface area contributed by atoms with Crippen LogP contribution in [-0.4, -0.2) is 38.3 Å². The SMILES string of the molecule is CCOCCNC(=O)CNC1CC1. The van der Waals surface area contributed by atoms with Crippen LogP contribution in [0.2, 0.25) is 0 Å². The van der Waals surface area contributed by atoms with Crippen molar-refractivity contribution in [3.8, 4) is 0 Å². The van der Waals surface area contributed by atoms with Crippen LogP contribution in [0.15, 0.2) is 0 Å². The minimum Gasteiger partial charge on any atom is -0.380 e.